The standard InChI is InChI=1S/C50H58N8O8/c1-27(2)41(55-48(61)64-6)46(59)57-23-28(3)17-38(57)45-52-36-14-12-30-20-35-33-13-11-31(19-32(33)26-66-40(35)21-34(30)42(36)54-45)37-22-51-44(53-37)39-18-29(25-63-5)24-58(39)47(60)43(56-49(62)65-7)50(4)15-9-8-10-16-50/h8-15,19-22,27-29,38-39,41,43H,16-18,23-26H2,1-7H3,(H,51,53)(H,52,54)(H,55,61)(H,56,62)/t28-,29-,38-,39-,41-,43-,50?/m0/s1. The molecule has 7 atom stereocenters. The number of aromatic nitrogens is 4. The molecule has 4 aliphatic rings. The van der Waals surface area contributed by atoms with E-state index in [4.69, 9.17) is 28.9 Å². The van der Waals surface area contributed by atoms with E-state index in [1.165, 1.54) is 14.2 Å². The highest BCUT2D eigenvalue weighted by Gasteiger charge is 2.46. The molecule has 0 spiro atoms. The summed E-state index contributed by atoms with van der Waals surface area (Å²) in [5.41, 5.74) is 5.83. The maximum Gasteiger partial charge on any atom is 0.407 e. The van der Waals surface area contributed by atoms with Crippen LogP contribution in [-0.4, -0.2) is 107 Å². The van der Waals surface area contributed by atoms with Crippen LogP contribution in [-0.2, 0) is 30.4 Å². The average molecular weight is 899 g/mol. The summed E-state index contributed by atoms with van der Waals surface area (Å²) in [4.78, 5) is 73.9. The second kappa shape index (κ2) is 17.9. The van der Waals surface area contributed by atoms with Crippen molar-refractivity contribution in [1.82, 2.24) is 40.4 Å². The molecule has 16 heteroatoms. The number of aromatic amines is 2. The van der Waals surface area contributed by atoms with Crippen LogP contribution in [0.2, 0.25) is 0 Å². The Morgan fingerprint density at radius 2 is 1.67 bits per heavy atom. The second-order valence-electron chi connectivity index (χ2n) is 18.8. The third kappa shape index (κ3) is 8.26. The number of nitrogens with one attached hydrogen (secondary N) is 4. The highest BCUT2D eigenvalue weighted by Crippen LogP contribution is 2.44. The van der Waals surface area contributed by atoms with Crippen molar-refractivity contribution in [2.75, 3.05) is 41.0 Å². The van der Waals surface area contributed by atoms with Crippen molar-refractivity contribution in [1.29, 1.82) is 0 Å². The molecule has 16 nitrogen and oxygen atoms in total. The number of hydrogen-bond acceptors (Lipinski definition) is 10. The van der Waals surface area contributed by atoms with Crippen molar-refractivity contribution in [3.8, 4) is 28.1 Å². The molecule has 2 aromatic heterocycles. The number of likely N-dealkylation sites (tertiary alicyclic amines) is 2. The largest absolute Gasteiger partial charge is 0.488 e. The third-order valence-electron chi connectivity index (χ3n) is 13.8. The highest BCUT2D eigenvalue weighted by atomic mass is 16.5. The van der Waals surface area contributed by atoms with Gasteiger partial charge in [-0.3, -0.25) is 9.59 Å². The van der Waals surface area contributed by atoms with Crippen LogP contribution in [0.3, 0.4) is 0 Å². The third-order valence-corrected chi connectivity index (χ3v) is 13.8. The van der Waals surface area contributed by atoms with Crippen LogP contribution in [0.5, 0.6) is 5.75 Å². The quantitative estimate of drug-likeness (QED) is 0.102. The van der Waals surface area contributed by atoms with Gasteiger partial charge in [-0.1, -0.05) is 70.2 Å². The van der Waals surface area contributed by atoms with Crippen LogP contribution in [0.15, 0.2) is 73.0 Å². The van der Waals surface area contributed by atoms with Gasteiger partial charge in [-0.2, -0.15) is 0 Å². The summed E-state index contributed by atoms with van der Waals surface area (Å²) in [6.45, 7) is 9.76. The maximum atomic E-state index is 14.6. The van der Waals surface area contributed by atoms with Gasteiger partial charge in [0.2, 0.25) is 11.8 Å². The first kappa shape index (κ1) is 44.5. The van der Waals surface area contributed by atoms with Gasteiger partial charge in [-0.25, -0.2) is 19.6 Å². The van der Waals surface area contributed by atoms with Crippen LogP contribution in [0, 0.1) is 23.2 Å². The van der Waals surface area contributed by atoms with E-state index in [0.29, 0.717) is 50.8 Å². The molecular weight excluding hydrogens is 841 g/mol. The average Bonchev–Trinajstić information content (AvgIpc) is 4.15. The summed E-state index contributed by atoms with van der Waals surface area (Å²) in [6.07, 6.45) is 10.3. The van der Waals surface area contributed by atoms with Crippen LogP contribution in [0.25, 0.3) is 44.2 Å². The van der Waals surface area contributed by atoms with Gasteiger partial charge >= 0.3 is 12.2 Å². The predicted molar refractivity (Wildman–Crippen MR) is 248 cm³/mol. The SMILES string of the molecule is COC[C@H]1C[C@@H](c2ncc(-c3ccc4c(c3)COc3cc5c(ccc6nc([C@@H]7C[C@H](C)CN7C(=O)[C@@H](NC(=O)OC)C(C)C)[nH]c65)cc3-4)[nH]2)N(C(=O)[C@H](NC(=O)OC)C2(C)C=CC=CC2)C1. The fourth-order valence-electron chi connectivity index (χ4n) is 10.3. The minimum Gasteiger partial charge on any atom is -0.488 e. The Bertz CT molecular complexity index is 2760. The molecule has 0 bridgehead atoms. The monoisotopic (exact) mass is 898 g/mol. The van der Waals surface area contributed by atoms with Crippen molar-refractivity contribution in [3.63, 3.8) is 0 Å². The number of ether oxygens (including phenoxy) is 4. The van der Waals surface area contributed by atoms with Crippen LogP contribution < -0.4 is 15.4 Å². The molecule has 4 amide bonds. The van der Waals surface area contributed by atoms with Crippen LogP contribution in [0.1, 0.15) is 76.3 Å². The number of methoxy groups -OCH3 is 3. The lowest BCUT2D eigenvalue weighted by Gasteiger charge is -2.38. The van der Waals surface area contributed by atoms with Gasteiger partial charge in [-0.05, 0) is 77.4 Å². The number of imidazole rings is 2. The maximum absolute atomic E-state index is 14.6. The molecule has 2 saturated heterocycles. The first-order valence-corrected chi connectivity index (χ1v) is 22.7. The van der Waals surface area contributed by atoms with Crippen molar-refractivity contribution in [2.45, 2.75) is 77.7 Å². The Balaban J connectivity index is 0.974. The molecule has 4 N–H and O–H groups in total. The minimum absolute atomic E-state index is 0.0762. The number of amides is 4. The lowest BCUT2D eigenvalue weighted by atomic mass is 9.76. The van der Waals surface area contributed by atoms with Gasteiger partial charge in [0.25, 0.3) is 0 Å². The Morgan fingerprint density at radius 1 is 0.894 bits per heavy atom. The number of benzene rings is 3. The Labute approximate surface area is 383 Å². The summed E-state index contributed by atoms with van der Waals surface area (Å²) in [6, 6.07) is 12.4. The molecule has 1 unspecified atom stereocenters. The second-order valence-corrected chi connectivity index (χ2v) is 18.8. The zero-order valence-electron chi connectivity index (χ0n) is 38.5. The summed E-state index contributed by atoms with van der Waals surface area (Å²) in [7, 11) is 4.25. The fraction of sp³-hybridized carbons (Fsp3) is 0.440. The van der Waals surface area contributed by atoms with Crippen LogP contribution in [0.4, 0.5) is 9.59 Å². The molecule has 5 heterocycles. The molecule has 3 aromatic carbocycles. The Hall–Kier alpha value is -6.68. The van der Waals surface area contributed by atoms with Gasteiger partial charge in [0.1, 0.15) is 36.1 Å². The number of carbonyl (C=O) groups is 4. The fourth-order valence-corrected chi connectivity index (χ4v) is 10.3. The summed E-state index contributed by atoms with van der Waals surface area (Å²) in [5, 5.41) is 7.56. The normalized spacial score (nSPS) is 23.1. The van der Waals surface area contributed by atoms with Crippen molar-refractivity contribution in [3.05, 3.63) is 90.2 Å². The lowest BCUT2D eigenvalue weighted by molar-refractivity contribution is -0.137. The molecule has 9 rings (SSSR count). The van der Waals surface area contributed by atoms with Crippen molar-refractivity contribution < 1.29 is 38.1 Å². The van der Waals surface area contributed by atoms with E-state index < -0.39 is 29.7 Å². The summed E-state index contributed by atoms with van der Waals surface area (Å²) in [5.74, 6) is 1.95. The van der Waals surface area contributed by atoms with Crippen LogP contribution >= 0.6 is 0 Å². The summed E-state index contributed by atoms with van der Waals surface area (Å²) < 4.78 is 21.8. The smallest absolute Gasteiger partial charge is 0.407 e. The first-order chi connectivity index (χ1) is 31.8. The van der Waals surface area contributed by atoms with Crippen molar-refractivity contribution >= 4 is 45.8 Å². The Morgan fingerprint density at radius 3 is 2.41 bits per heavy atom. The molecule has 1 aliphatic carbocycles. The van der Waals surface area contributed by atoms with E-state index in [1.54, 1.807) is 7.11 Å². The lowest BCUT2D eigenvalue weighted by Crippen LogP contribution is -2.56. The number of alkyl carbamates (subject to hydrolysis) is 2. The zero-order valence-corrected chi connectivity index (χ0v) is 38.5. The predicted octanol–water partition coefficient (Wildman–Crippen LogP) is 7.74. The minimum atomic E-state index is -0.862. The van der Waals surface area contributed by atoms with Gasteiger partial charge in [0.05, 0.1) is 55.8 Å². The molecule has 66 heavy (non-hydrogen) atoms. The molecule has 5 aromatic rings. The van der Waals surface area contributed by atoms with Gasteiger partial charge < -0.3 is 49.3 Å². The van der Waals surface area contributed by atoms with E-state index in [-0.39, 0.29) is 41.7 Å². The van der Waals surface area contributed by atoms with E-state index in [2.05, 4.69) is 63.9 Å². The number of carbonyl (C=O) groups excluding carboxylic acids is 4. The van der Waals surface area contributed by atoms with Gasteiger partial charge in [0.15, 0.2) is 0 Å². The molecule has 0 saturated carbocycles. The topological polar surface area (TPSA) is 193 Å². The number of nitrogens with zero attached hydrogens (tertiary/aromatic N) is 4. The van der Waals surface area contributed by atoms with Gasteiger partial charge in [0, 0.05) is 42.5 Å². The van der Waals surface area contributed by atoms with E-state index in [0.717, 1.165) is 61.9 Å². The summed E-state index contributed by atoms with van der Waals surface area (Å²) >= 11 is 0. The highest BCUT2D eigenvalue weighted by molar-refractivity contribution is 6.07. The number of fused-ring (bicyclic) bond motifs is 6. The molecule has 0 radical (unpaired) electrons. The number of H-pyrrole nitrogens is 2. The number of allylic oxidation sites excluding steroid dienone is 3. The van der Waals surface area contributed by atoms with Gasteiger partial charge in [-0.15, -0.1) is 0 Å². The molecular formula is C50H58N8O8. The number of rotatable bonds is 11. The van der Waals surface area contributed by atoms with Crippen molar-refractivity contribution in [2.24, 2.45) is 23.2 Å². The zero-order chi connectivity index (χ0) is 46.4. The number of hydrogen-bond donors (Lipinski definition) is 4. The first-order valence-electron chi connectivity index (χ1n) is 22.7. The van der Waals surface area contributed by atoms with E-state index in [1.807, 2.05) is 67.1 Å². The molecule has 346 valence electrons. The van der Waals surface area contributed by atoms with E-state index in [9.17, 15) is 19.2 Å². The Kier molecular flexibility index (Phi) is 12.1. The van der Waals surface area contributed by atoms with E-state index >= 15 is 0 Å². The molecule has 3 aliphatic heterocycles. The molecule has 2 fully saturated rings.